The van der Waals surface area contributed by atoms with Gasteiger partial charge in [-0.15, -0.1) is 0 Å². The summed E-state index contributed by atoms with van der Waals surface area (Å²) in [7, 11) is -3.59. The van der Waals surface area contributed by atoms with Crippen LogP contribution < -0.4 is 5.32 Å². The Labute approximate surface area is 135 Å². The third-order valence-electron chi connectivity index (χ3n) is 4.48. The zero-order chi connectivity index (χ0) is 16.0. The van der Waals surface area contributed by atoms with Crippen molar-refractivity contribution in [1.82, 2.24) is 9.29 Å². The molecule has 1 aliphatic rings. The average molecular weight is 326 g/mol. The van der Waals surface area contributed by atoms with Crippen molar-refractivity contribution in [1.29, 1.82) is 0 Å². The summed E-state index contributed by atoms with van der Waals surface area (Å²) in [6.45, 7) is 3.47. The first-order chi connectivity index (χ1) is 11.1. The highest BCUT2D eigenvalue weighted by Gasteiger charge is 2.24. The lowest BCUT2D eigenvalue weighted by Crippen LogP contribution is -2.16. The van der Waals surface area contributed by atoms with Crippen LogP contribution in [0.5, 0.6) is 0 Å². The van der Waals surface area contributed by atoms with Crippen molar-refractivity contribution in [3.05, 3.63) is 65.4 Å². The molecule has 1 aliphatic heterocycles. The Morgan fingerprint density at radius 2 is 1.87 bits per heavy atom. The summed E-state index contributed by atoms with van der Waals surface area (Å²) < 4.78 is 27.8. The molecule has 2 heterocycles. The summed E-state index contributed by atoms with van der Waals surface area (Å²) in [6.07, 6.45) is 2.63. The Balaban J connectivity index is 2.02. The molecule has 2 aromatic carbocycles. The molecule has 1 N–H and O–H groups in total. The number of nitrogens with zero attached hydrogens (tertiary/aromatic N) is 1. The van der Waals surface area contributed by atoms with E-state index < -0.39 is 10.0 Å². The Kier molecular flexibility index (Phi) is 3.28. The van der Waals surface area contributed by atoms with E-state index >= 15 is 0 Å². The molecule has 0 bridgehead atoms. The molecule has 0 saturated carbocycles. The van der Waals surface area contributed by atoms with Crippen LogP contribution >= 0.6 is 0 Å². The molecule has 4 rings (SSSR count). The van der Waals surface area contributed by atoms with Crippen LogP contribution in [0.25, 0.3) is 10.9 Å². The Hall–Kier alpha value is -2.11. The average Bonchev–Trinajstić information content (AvgIpc) is 2.79. The Morgan fingerprint density at radius 3 is 2.70 bits per heavy atom. The van der Waals surface area contributed by atoms with Crippen LogP contribution in [0.3, 0.4) is 0 Å². The first-order valence-corrected chi connectivity index (χ1v) is 9.17. The quantitative estimate of drug-likeness (QED) is 0.788. The summed E-state index contributed by atoms with van der Waals surface area (Å²) in [5, 5.41) is 4.46. The minimum absolute atomic E-state index is 0.365. The predicted molar refractivity (Wildman–Crippen MR) is 91.1 cm³/mol. The molecule has 5 heteroatoms. The van der Waals surface area contributed by atoms with Gasteiger partial charge in [0.05, 0.1) is 10.4 Å². The van der Waals surface area contributed by atoms with Gasteiger partial charge in [-0.3, -0.25) is 0 Å². The number of hydrogen-bond acceptors (Lipinski definition) is 3. The molecule has 0 amide bonds. The van der Waals surface area contributed by atoms with Gasteiger partial charge < -0.3 is 5.32 Å². The highest BCUT2D eigenvalue weighted by atomic mass is 32.2. The van der Waals surface area contributed by atoms with Crippen molar-refractivity contribution < 1.29 is 8.42 Å². The van der Waals surface area contributed by atoms with Crippen molar-refractivity contribution in [3.63, 3.8) is 0 Å². The SMILES string of the molecule is Cc1ccccc1S(=O)(=O)n1cc2c3c(cccc31)CNCC2. The van der Waals surface area contributed by atoms with E-state index in [1.807, 2.05) is 31.2 Å². The minimum Gasteiger partial charge on any atom is -0.312 e. The van der Waals surface area contributed by atoms with E-state index in [9.17, 15) is 8.42 Å². The fourth-order valence-electron chi connectivity index (χ4n) is 3.35. The fraction of sp³-hybridized carbons (Fsp3) is 0.222. The van der Waals surface area contributed by atoms with Crippen molar-refractivity contribution >= 4 is 20.9 Å². The van der Waals surface area contributed by atoms with Crippen molar-refractivity contribution in [2.24, 2.45) is 0 Å². The number of aromatic nitrogens is 1. The first kappa shape index (κ1) is 14.5. The van der Waals surface area contributed by atoms with Crippen molar-refractivity contribution in [3.8, 4) is 0 Å². The molecule has 0 aliphatic carbocycles. The van der Waals surface area contributed by atoms with Gasteiger partial charge in [0.25, 0.3) is 10.0 Å². The third kappa shape index (κ3) is 2.19. The monoisotopic (exact) mass is 326 g/mol. The standard InChI is InChI=1S/C18H18N2O2S/c1-13-5-2-3-8-17(13)23(21,22)20-12-15-9-10-19-11-14-6-4-7-16(20)18(14)15/h2-8,12,19H,9-11H2,1H3. The summed E-state index contributed by atoms with van der Waals surface area (Å²) in [4.78, 5) is 0.365. The molecular weight excluding hydrogens is 308 g/mol. The molecule has 1 aromatic heterocycles. The minimum atomic E-state index is -3.59. The van der Waals surface area contributed by atoms with E-state index in [1.165, 1.54) is 3.97 Å². The maximum atomic E-state index is 13.2. The van der Waals surface area contributed by atoms with Gasteiger partial charge in [-0.05, 0) is 48.7 Å². The molecule has 0 saturated heterocycles. The highest BCUT2D eigenvalue weighted by Crippen LogP contribution is 2.30. The smallest absolute Gasteiger partial charge is 0.268 e. The van der Waals surface area contributed by atoms with Crippen molar-refractivity contribution in [2.75, 3.05) is 6.54 Å². The van der Waals surface area contributed by atoms with E-state index in [1.54, 1.807) is 18.3 Å². The van der Waals surface area contributed by atoms with Crippen LogP contribution in [0.1, 0.15) is 16.7 Å². The summed E-state index contributed by atoms with van der Waals surface area (Å²) in [5.74, 6) is 0. The van der Waals surface area contributed by atoms with E-state index in [0.717, 1.165) is 47.1 Å². The van der Waals surface area contributed by atoms with E-state index in [4.69, 9.17) is 0 Å². The topological polar surface area (TPSA) is 51.1 Å². The van der Waals surface area contributed by atoms with Gasteiger partial charge in [0.1, 0.15) is 0 Å². The lowest BCUT2D eigenvalue weighted by atomic mass is 10.1. The van der Waals surface area contributed by atoms with Gasteiger partial charge in [0.2, 0.25) is 0 Å². The van der Waals surface area contributed by atoms with Crippen LogP contribution in [-0.4, -0.2) is 18.9 Å². The molecule has 0 spiro atoms. The van der Waals surface area contributed by atoms with Crippen LogP contribution in [0.15, 0.2) is 53.6 Å². The number of aryl methyl sites for hydroxylation is 1. The second kappa shape index (κ2) is 5.22. The number of rotatable bonds is 2. The molecule has 4 nitrogen and oxygen atoms in total. The van der Waals surface area contributed by atoms with Gasteiger partial charge >= 0.3 is 0 Å². The van der Waals surface area contributed by atoms with Gasteiger partial charge in [0.15, 0.2) is 0 Å². The highest BCUT2D eigenvalue weighted by molar-refractivity contribution is 7.90. The number of hydrogen-bond donors (Lipinski definition) is 1. The maximum Gasteiger partial charge on any atom is 0.268 e. The maximum absolute atomic E-state index is 13.2. The number of benzene rings is 2. The van der Waals surface area contributed by atoms with Crippen LogP contribution in [0.4, 0.5) is 0 Å². The van der Waals surface area contributed by atoms with Gasteiger partial charge in [-0.25, -0.2) is 12.4 Å². The molecular formula is C18H18N2O2S. The normalized spacial score (nSPS) is 14.8. The molecule has 0 unspecified atom stereocenters. The lowest BCUT2D eigenvalue weighted by molar-refractivity contribution is 0.588. The number of nitrogens with one attached hydrogen (secondary N) is 1. The van der Waals surface area contributed by atoms with Crippen molar-refractivity contribution in [2.45, 2.75) is 24.8 Å². The summed E-state index contributed by atoms with van der Waals surface area (Å²) in [6, 6.07) is 13.0. The zero-order valence-electron chi connectivity index (χ0n) is 12.9. The fourth-order valence-corrected chi connectivity index (χ4v) is 4.96. The second-order valence-corrected chi connectivity index (χ2v) is 7.74. The predicted octanol–water partition coefficient (Wildman–Crippen LogP) is 2.83. The molecule has 23 heavy (non-hydrogen) atoms. The van der Waals surface area contributed by atoms with Crippen LogP contribution in [-0.2, 0) is 23.0 Å². The molecule has 0 fully saturated rings. The molecule has 3 aromatic rings. The second-order valence-electron chi connectivity index (χ2n) is 5.96. The first-order valence-electron chi connectivity index (χ1n) is 7.73. The molecule has 118 valence electrons. The van der Waals surface area contributed by atoms with Gasteiger partial charge in [-0.1, -0.05) is 30.3 Å². The van der Waals surface area contributed by atoms with Crippen LogP contribution in [0, 0.1) is 6.92 Å². The van der Waals surface area contributed by atoms with Gasteiger partial charge in [-0.2, -0.15) is 0 Å². The Morgan fingerprint density at radius 1 is 1.04 bits per heavy atom. The summed E-state index contributed by atoms with van der Waals surface area (Å²) in [5.41, 5.74) is 3.79. The largest absolute Gasteiger partial charge is 0.312 e. The lowest BCUT2D eigenvalue weighted by Gasteiger charge is -2.11. The Bertz CT molecular complexity index is 1000. The zero-order valence-corrected chi connectivity index (χ0v) is 13.7. The van der Waals surface area contributed by atoms with E-state index in [2.05, 4.69) is 11.4 Å². The van der Waals surface area contributed by atoms with E-state index in [-0.39, 0.29) is 0 Å². The van der Waals surface area contributed by atoms with E-state index in [0.29, 0.717) is 4.90 Å². The summed E-state index contributed by atoms with van der Waals surface area (Å²) >= 11 is 0. The van der Waals surface area contributed by atoms with Gasteiger partial charge in [0, 0.05) is 18.1 Å². The third-order valence-corrected chi connectivity index (χ3v) is 6.31. The van der Waals surface area contributed by atoms with Crippen LogP contribution in [0.2, 0.25) is 0 Å². The molecule has 0 atom stereocenters. The molecule has 0 radical (unpaired) electrons.